The lowest BCUT2D eigenvalue weighted by atomic mass is 10.2. The molecule has 2 aromatic rings. The summed E-state index contributed by atoms with van der Waals surface area (Å²) in [4.78, 5) is 10.1. The highest BCUT2D eigenvalue weighted by Crippen LogP contribution is 2.30. The Morgan fingerprint density at radius 1 is 1.35 bits per heavy atom. The first-order valence-corrected chi connectivity index (χ1v) is 6.84. The van der Waals surface area contributed by atoms with Gasteiger partial charge in [0.15, 0.2) is 0 Å². The molecule has 0 spiro atoms. The van der Waals surface area contributed by atoms with Gasteiger partial charge in [-0.25, -0.2) is 9.97 Å². The van der Waals surface area contributed by atoms with Crippen molar-refractivity contribution >= 4 is 22.9 Å². The zero-order valence-corrected chi connectivity index (χ0v) is 10.8. The van der Waals surface area contributed by atoms with Gasteiger partial charge in [-0.3, -0.25) is 0 Å². The number of hydrogen-bond donors (Lipinski definition) is 1. The maximum absolute atomic E-state index is 5.94. The van der Waals surface area contributed by atoms with Gasteiger partial charge in [0.05, 0.1) is 20.9 Å². The van der Waals surface area contributed by atoms with Gasteiger partial charge in [0, 0.05) is 6.20 Å². The van der Waals surface area contributed by atoms with E-state index in [1.54, 1.807) is 11.3 Å². The summed E-state index contributed by atoms with van der Waals surface area (Å²) < 4.78 is 0.791. The first-order valence-electron chi connectivity index (χ1n) is 5.65. The van der Waals surface area contributed by atoms with Crippen LogP contribution in [0.1, 0.15) is 24.7 Å². The van der Waals surface area contributed by atoms with Crippen LogP contribution in [0.3, 0.4) is 0 Å². The van der Waals surface area contributed by atoms with Gasteiger partial charge >= 0.3 is 0 Å². The lowest BCUT2D eigenvalue weighted by Gasteiger charge is -2.08. The van der Waals surface area contributed by atoms with Gasteiger partial charge in [-0.15, -0.1) is 11.3 Å². The summed E-state index contributed by atoms with van der Waals surface area (Å²) in [5.41, 5.74) is 0.959. The molecule has 17 heavy (non-hydrogen) atoms. The zero-order chi connectivity index (χ0) is 11.7. The van der Waals surface area contributed by atoms with E-state index < -0.39 is 0 Å². The smallest absolute Gasteiger partial charge is 0.145 e. The fourth-order valence-corrected chi connectivity index (χ4v) is 3.05. The van der Waals surface area contributed by atoms with Crippen molar-refractivity contribution in [2.24, 2.45) is 0 Å². The van der Waals surface area contributed by atoms with E-state index in [0.717, 1.165) is 33.7 Å². The Morgan fingerprint density at radius 3 is 3.00 bits per heavy atom. The largest absolute Gasteiger partial charge is 0.307 e. The van der Waals surface area contributed by atoms with Crippen molar-refractivity contribution < 1.29 is 0 Å². The lowest BCUT2D eigenvalue weighted by molar-refractivity contribution is 0.605. The molecule has 0 aliphatic carbocycles. The van der Waals surface area contributed by atoms with E-state index in [1.807, 2.05) is 24.4 Å². The van der Waals surface area contributed by atoms with Gasteiger partial charge in [-0.05, 0) is 37.6 Å². The first-order chi connectivity index (χ1) is 8.33. The predicted octanol–water partition coefficient (Wildman–Crippen LogP) is 3.28. The van der Waals surface area contributed by atoms with E-state index in [1.165, 1.54) is 6.42 Å². The fourth-order valence-electron chi connectivity index (χ4n) is 2.04. The highest BCUT2D eigenvalue weighted by Gasteiger charge is 2.19. The molecule has 0 amide bonds. The molecule has 1 unspecified atom stereocenters. The molecule has 2 aromatic heterocycles. The quantitative estimate of drug-likeness (QED) is 0.906. The second kappa shape index (κ2) is 4.72. The Kier molecular flexibility index (Phi) is 3.09. The van der Waals surface area contributed by atoms with Crippen LogP contribution in [0, 0.1) is 0 Å². The molecule has 0 aromatic carbocycles. The van der Waals surface area contributed by atoms with E-state index in [9.17, 15) is 0 Å². The Hall–Kier alpha value is -0.970. The molecule has 0 bridgehead atoms. The average molecular weight is 266 g/mol. The average Bonchev–Trinajstić information content (AvgIpc) is 3.00. The van der Waals surface area contributed by atoms with E-state index in [0.29, 0.717) is 6.04 Å². The van der Waals surface area contributed by atoms with E-state index >= 15 is 0 Å². The van der Waals surface area contributed by atoms with Crippen LogP contribution in [-0.2, 0) is 0 Å². The SMILES string of the molecule is Clc1ccc(-c2ccnc(C3CCCN3)n2)s1. The standard InChI is InChI=1S/C12H12ClN3S/c13-11-4-3-10(17-11)8-5-7-15-12(16-8)9-2-1-6-14-9/h3-5,7,9,14H,1-2,6H2. The van der Waals surface area contributed by atoms with Crippen molar-refractivity contribution in [1.29, 1.82) is 0 Å². The topological polar surface area (TPSA) is 37.8 Å². The molecule has 1 N–H and O–H groups in total. The second-order valence-electron chi connectivity index (χ2n) is 4.05. The maximum atomic E-state index is 5.94. The highest BCUT2D eigenvalue weighted by molar-refractivity contribution is 7.19. The van der Waals surface area contributed by atoms with Crippen LogP contribution in [0.15, 0.2) is 24.4 Å². The van der Waals surface area contributed by atoms with E-state index in [4.69, 9.17) is 11.6 Å². The third-order valence-electron chi connectivity index (χ3n) is 2.87. The zero-order valence-electron chi connectivity index (χ0n) is 9.19. The fraction of sp³-hybridized carbons (Fsp3) is 0.333. The molecule has 0 saturated carbocycles. The lowest BCUT2D eigenvalue weighted by Crippen LogP contribution is -2.15. The molecule has 1 atom stereocenters. The van der Waals surface area contributed by atoms with Crippen LogP contribution in [-0.4, -0.2) is 16.5 Å². The minimum absolute atomic E-state index is 0.311. The summed E-state index contributed by atoms with van der Waals surface area (Å²) in [7, 11) is 0. The van der Waals surface area contributed by atoms with Crippen molar-refractivity contribution in [3.05, 3.63) is 34.6 Å². The molecule has 5 heteroatoms. The van der Waals surface area contributed by atoms with Crippen LogP contribution >= 0.6 is 22.9 Å². The summed E-state index contributed by atoms with van der Waals surface area (Å²) in [6.07, 6.45) is 4.14. The number of aromatic nitrogens is 2. The summed E-state index contributed by atoms with van der Waals surface area (Å²) in [6, 6.07) is 6.14. The molecule has 3 heterocycles. The van der Waals surface area contributed by atoms with Crippen molar-refractivity contribution in [3.8, 4) is 10.6 Å². The first kappa shape index (κ1) is 11.1. The number of hydrogen-bond acceptors (Lipinski definition) is 4. The van der Waals surface area contributed by atoms with Gasteiger partial charge in [0.2, 0.25) is 0 Å². The highest BCUT2D eigenvalue weighted by atomic mass is 35.5. The molecule has 88 valence electrons. The molecule has 1 aliphatic heterocycles. The number of thiophene rings is 1. The molecule has 0 radical (unpaired) electrons. The Bertz CT molecular complexity index is 520. The predicted molar refractivity (Wildman–Crippen MR) is 70.3 cm³/mol. The molecule has 3 nitrogen and oxygen atoms in total. The van der Waals surface area contributed by atoms with Crippen LogP contribution in [0.5, 0.6) is 0 Å². The van der Waals surface area contributed by atoms with Gasteiger partial charge < -0.3 is 5.32 Å². The monoisotopic (exact) mass is 265 g/mol. The van der Waals surface area contributed by atoms with Crippen molar-refractivity contribution in [1.82, 2.24) is 15.3 Å². The van der Waals surface area contributed by atoms with Crippen LogP contribution in [0.2, 0.25) is 4.34 Å². The summed E-state index contributed by atoms with van der Waals surface area (Å²) in [5.74, 6) is 0.893. The number of rotatable bonds is 2. The minimum atomic E-state index is 0.311. The number of nitrogens with one attached hydrogen (secondary N) is 1. The third kappa shape index (κ3) is 2.34. The van der Waals surface area contributed by atoms with Gasteiger partial charge in [0.1, 0.15) is 5.82 Å². The third-order valence-corrected chi connectivity index (χ3v) is 4.13. The van der Waals surface area contributed by atoms with Crippen LogP contribution in [0.4, 0.5) is 0 Å². The van der Waals surface area contributed by atoms with Crippen molar-refractivity contribution in [3.63, 3.8) is 0 Å². The number of nitrogens with zero attached hydrogens (tertiary/aromatic N) is 2. The Morgan fingerprint density at radius 2 is 2.29 bits per heavy atom. The van der Waals surface area contributed by atoms with E-state index in [2.05, 4.69) is 15.3 Å². The molecule has 1 fully saturated rings. The Balaban J connectivity index is 1.93. The summed E-state index contributed by atoms with van der Waals surface area (Å²) in [5, 5.41) is 3.41. The van der Waals surface area contributed by atoms with Crippen LogP contribution in [0.25, 0.3) is 10.6 Å². The van der Waals surface area contributed by atoms with Crippen LogP contribution < -0.4 is 5.32 Å². The van der Waals surface area contributed by atoms with Gasteiger partial charge in [-0.2, -0.15) is 0 Å². The molecule has 1 saturated heterocycles. The minimum Gasteiger partial charge on any atom is -0.307 e. The van der Waals surface area contributed by atoms with Gasteiger partial charge in [-0.1, -0.05) is 11.6 Å². The molecular weight excluding hydrogens is 254 g/mol. The maximum Gasteiger partial charge on any atom is 0.145 e. The normalized spacial score (nSPS) is 19.7. The molecule has 3 rings (SSSR count). The van der Waals surface area contributed by atoms with Crippen molar-refractivity contribution in [2.45, 2.75) is 18.9 Å². The molecule has 1 aliphatic rings. The van der Waals surface area contributed by atoms with E-state index in [-0.39, 0.29) is 0 Å². The Labute approximate surface area is 109 Å². The van der Waals surface area contributed by atoms with Crippen molar-refractivity contribution in [2.75, 3.05) is 6.54 Å². The second-order valence-corrected chi connectivity index (χ2v) is 5.77. The van der Waals surface area contributed by atoms with Gasteiger partial charge in [0.25, 0.3) is 0 Å². The number of halogens is 1. The summed E-state index contributed by atoms with van der Waals surface area (Å²) in [6.45, 7) is 1.06. The summed E-state index contributed by atoms with van der Waals surface area (Å²) >= 11 is 7.49. The molecular formula is C12H12ClN3S.